The van der Waals surface area contributed by atoms with E-state index in [1.54, 1.807) is 0 Å². The molecule has 2 saturated heterocycles. The second-order valence-electron chi connectivity index (χ2n) is 8.31. The SMILES string of the molecule is O=C(O)CCC/C=C\C[C@@H]1[C@@H](CNC(=O)C(=O)NCCc2ccccc2)[C@@H]2CC[C@H]1O2. The van der Waals surface area contributed by atoms with Crippen molar-refractivity contribution in [2.24, 2.45) is 11.8 Å². The van der Waals surface area contributed by atoms with E-state index in [0.717, 1.165) is 31.2 Å². The number of carboxylic acids is 1. The van der Waals surface area contributed by atoms with Crippen molar-refractivity contribution in [2.75, 3.05) is 13.1 Å². The van der Waals surface area contributed by atoms with Gasteiger partial charge in [0.25, 0.3) is 0 Å². The number of benzene rings is 1. The van der Waals surface area contributed by atoms with Gasteiger partial charge < -0.3 is 20.5 Å². The smallest absolute Gasteiger partial charge is 0.309 e. The van der Waals surface area contributed by atoms with Crippen molar-refractivity contribution in [1.82, 2.24) is 10.6 Å². The highest BCUT2D eigenvalue weighted by molar-refractivity contribution is 6.35. The van der Waals surface area contributed by atoms with Crippen LogP contribution in [0.3, 0.4) is 0 Å². The van der Waals surface area contributed by atoms with Crippen LogP contribution in [-0.4, -0.2) is 48.2 Å². The normalized spacial score (nSPS) is 24.4. The molecular formula is C24H32N2O5. The molecule has 0 radical (unpaired) electrons. The Morgan fingerprint density at radius 3 is 2.45 bits per heavy atom. The first-order chi connectivity index (χ1) is 15.0. The second kappa shape index (κ2) is 11.6. The lowest BCUT2D eigenvalue weighted by Crippen LogP contribution is -2.44. The number of carbonyl (C=O) groups is 3. The van der Waals surface area contributed by atoms with Gasteiger partial charge >= 0.3 is 17.8 Å². The van der Waals surface area contributed by atoms with Crippen molar-refractivity contribution < 1.29 is 24.2 Å². The molecular weight excluding hydrogens is 396 g/mol. The third kappa shape index (κ3) is 6.92. The van der Waals surface area contributed by atoms with Crippen molar-refractivity contribution in [3.63, 3.8) is 0 Å². The van der Waals surface area contributed by atoms with Gasteiger partial charge in [0, 0.05) is 25.4 Å². The maximum absolute atomic E-state index is 12.2. The summed E-state index contributed by atoms with van der Waals surface area (Å²) in [4.78, 5) is 34.9. The average Bonchev–Trinajstić information content (AvgIpc) is 3.36. The Labute approximate surface area is 183 Å². The molecule has 0 unspecified atom stereocenters. The number of allylic oxidation sites excluding steroid dienone is 2. The van der Waals surface area contributed by atoms with E-state index in [-0.39, 0.29) is 24.5 Å². The molecule has 2 heterocycles. The van der Waals surface area contributed by atoms with Crippen LogP contribution in [-0.2, 0) is 25.5 Å². The molecule has 0 spiro atoms. The lowest BCUT2D eigenvalue weighted by Gasteiger charge is -2.27. The Morgan fingerprint density at radius 1 is 1.00 bits per heavy atom. The Bertz CT molecular complexity index is 779. The van der Waals surface area contributed by atoms with Crippen LogP contribution >= 0.6 is 0 Å². The predicted octanol–water partition coefficient (Wildman–Crippen LogP) is 2.46. The fourth-order valence-electron chi connectivity index (χ4n) is 4.56. The van der Waals surface area contributed by atoms with Gasteiger partial charge in [-0.25, -0.2) is 0 Å². The molecule has 7 nitrogen and oxygen atoms in total. The number of hydrogen-bond acceptors (Lipinski definition) is 4. The zero-order valence-electron chi connectivity index (χ0n) is 17.8. The minimum absolute atomic E-state index is 0.136. The molecule has 0 aromatic heterocycles. The number of nitrogens with one attached hydrogen (secondary N) is 2. The van der Waals surface area contributed by atoms with E-state index in [1.165, 1.54) is 0 Å². The largest absolute Gasteiger partial charge is 0.481 e. The van der Waals surface area contributed by atoms with Crippen LogP contribution < -0.4 is 10.6 Å². The van der Waals surface area contributed by atoms with Crippen LogP contribution in [0, 0.1) is 11.8 Å². The van der Waals surface area contributed by atoms with Crippen molar-refractivity contribution in [2.45, 2.75) is 57.2 Å². The van der Waals surface area contributed by atoms with Gasteiger partial charge in [-0.15, -0.1) is 0 Å². The van der Waals surface area contributed by atoms with Gasteiger partial charge in [0.1, 0.15) is 0 Å². The van der Waals surface area contributed by atoms with Gasteiger partial charge in [0.05, 0.1) is 12.2 Å². The van der Waals surface area contributed by atoms with E-state index in [1.807, 2.05) is 36.4 Å². The molecule has 168 valence electrons. The van der Waals surface area contributed by atoms with Crippen LogP contribution in [0.25, 0.3) is 0 Å². The number of carbonyl (C=O) groups excluding carboxylic acids is 2. The van der Waals surface area contributed by atoms with Gasteiger partial charge in [-0.3, -0.25) is 14.4 Å². The van der Waals surface area contributed by atoms with Crippen molar-refractivity contribution in [1.29, 1.82) is 0 Å². The highest BCUT2D eigenvalue weighted by atomic mass is 16.5. The Kier molecular flexibility index (Phi) is 8.64. The van der Waals surface area contributed by atoms with Gasteiger partial charge in [0.15, 0.2) is 0 Å². The van der Waals surface area contributed by atoms with Crippen LogP contribution in [0.15, 0.2) is 42.5 Å². The summed E-state index contributed by atoms with van der Waals surface area (Å²) in [5.74, 6) is -1.46. The van der Waals surface area contributed by atoms with E-state index in [0.29, 0.717) is 31.8 Å². The number of fused-ring (bicyclic) bond motifs is 2. The highest BCUT2D eigenvalue weighted by Crippen LogP contribution is 2.44. The van der Waals surface area contributed by atoms with E-state index < -0.39 is 17.8 Å². The fraction of sp³-hybridized carbons (Fsp3) is 0.542. The fourth-order valence-corrected chi connectivity index (χ4v) is 4.56. The number of unbranched alkanes of at least 4 members (excludes halogenated alkanes) is 1. The minimum Gasteiger partial charge on any atom is -0.481 e. The van der Waals surface area contributed by atoms with Crippen molar-refractivity contribution in [3.8, 4) is 0 Å². The van der Waals surface area contributed by atoms with E-state index in [9.17, 15) is 14.4 Å². The number of aliphatic carboxylic acids is 1. The zero-order valence-corrected chi connectivity index (χ0v) is 17.8. The molecule has 2 aliphatic rings. The lowest BCUT2D eigenvalue weighted by molar-refractivity contribution is -0.139. The quantitative estimate of drug-likeness (QED) is 0.285. The number of carboxylic acid groups (broad SMARTS) is 1. The third-order valence-electron chi connectivity index (χ3n) is 6.17. The van der Waals surface area contributed by atoms with Gasteiger partial charge in [-0.2, -0.15) is 0 Å². The highest BCUT2D eigenvalue weighted by Gasteiger charge is 2.48. The molecule has 1 aromatic carbocycles. The number of rotatable bonds is 11. The maximum Gasteiger partial charge on any atom is 0.309 e. The van der Waals surface area contributed by atoms with Gasteiger partial charge in [0.2, 0.25) is 0 Å². The van der Waals surface area contributed by atoms with Gasteiger partial charge in [-0.1, -0.05) is 42.5 Å². The molecule has 2 amide bonds. The third-order valence-corrected chi connectivity index (χ3v) is 6.17. The van der Waals surface area contributed by atoms with E-state index in [2.05, 4.69) is 16.7 Å². The summed E-state index contributed by atoms with van der Waals surface area (Å²) < 4.78 is 6.05. The minimum atomic E-state index is -0.769. The Morgan fingerprint density at radius 2 is 1.71 bits per heavy atom. The molecule has 3 rings (SSSR count). The van der Waals surface area contributed by atoms with Gasteiger partial charge in [-0.05, 0) is 50.0 Å². The standard InChI is InChI=1S/C24H32N2O5/c27-22(28)11-7-2-1-6-10-18-19(21-13-12-20(18)31-21)16-26-24(30)23(29)25-15-14-17-8-4-3-5-9-17/h1,3-6,8-9,18-21H,2,7,10-16H2,(H,25,29)(H,26,30)(H,27,28)/b6-1-/t18-,19-,20-,21+/m1/s1. The molecule has 2 bridgehead atoms. The molecule has 2 fully saturated rings. The first-order valence-corrected chi connectivity index (χ1v) is 11.2. The number of amides is 2. The summed E-state index contributed by atoms with van der Waals surface area (Å²) in [6.07, 6.45) is 9.60. The molecule has 0 aliphatic carbocycles. The first-order valence-electron chi connectivity index (χ1n) is 11.2. The average molecular weight is 429 g/mol. The summed E-state index contributed by atoms with van der Waals surface area (Å²) in [5.41, 5.74) is 1.11. The van der Waals surface area contributed by atoms with Crippen LogP contribution in [0.2, 0.25) is 0 Å². The second-order valence-corrected chi connectivity index (χ2v) is 8.31. The molecule has 31 heavy (non-hydrogen) atoms. The molecule has 2 aliphatic heterocycles. The summed E-state index contributed by atoms with van der Waals surface area (Å²) in [5, 5.41) is 14.2. The van der Waals surface area contributed by atoms with Crippen molar-refractivity contribution in [3.05, 3.63) is 48.0 Å². The number of ether oxygens (including phenoxy) is 1. The van der Waals surface area contributed by atoms with Crippen LogP contribution in [0.4, 0.5) is 0 Å². The molecule has 4 atom stereocenters. The Hall–Kier alpha value is -2.67. The van der Waals surface area contributed by atoms with Crippen LogP contribution in [0.1, 0.15) is 44.1 Å². The first kappa shape index (κ1) is 23.0. The predicted molar refractivity (Wildman–Crippen MR) is 116 cm³/mol. The van der Waals surface area contributed by atoms with E-state index in [4.69, 9.17) is 9.84 Å². The number of hydrogen-bond donors (Lipinski definition) is 3. The summed E-state index contributed by atoms with van der Waals surface area (Å²) in [6, 6.07) is 9.81. The molecule has 3 N–H and O–H groups in total. The maximum atomic E-state index is 12.2. The summed E-state index contributed by atoms with van der Waals surface area (Å²) >= 11 is 0. The molecule has 0 saturated carbocycles. The van der Waals surface area contributed by atoms with E-state index >= 15 is 0 Å². The van der Waals surface area contributed by atoms with Crippen molar-refractivity contribution >= 4 is 17.8 Å². The Balaban J connectivity index is 1.39. The lowest BCUT2D eigenvalue weighted by atomic mass is 9.77. The topological polar surface area (TPSA) is 105 Å². The monoisotopic (exact) mass is 428 g/mol. The van der Waals surface area contributed by atoms with Crippen LogP contribution in [0.5, 0.6) is 0 Å². The molecule has 1 aromatic rings. The summed E-state index contributed by atoms with van der Waals surface area (Å²) in [6.45, 7) is 0.854. The summed E-state index contributed by atoms with van der Waals surface area (Å²) in [7, 11) is 0. The molecule has 7 heteroatoms. The zero-order chi connectivity index (χ0) is 22.1.